The van der Waals surface area contributed by atoms with E-state index in [1.807, 2.05) is 0 Å². The second-order valence-electron chi connectivity index (χ2n) is 4.99. The van der Waals surface area contributed by atoms with Crippen molar-refractivity contribution >= 4 is 18.5 Å². The lowest BCUT2D eigenvalue weighted by Gasteiger charge is -2.20. The Bertz CT molecular complexity index is 449. The molecule has 0 aromatic heterocycles. The number of thiol groups is 1. The molecule has 2 nitrogen and oxygen atoms in total. The third-order valence-electron chi connectivity index (χ3n) is 3.48. The molecule has 0 spiro atoms. The zero-order valence-corrected chi connectivity index (χ0v) is 11.4. The fourth-order valence-corrected chi connectivity index (χ4v) is 2.52. The molecule has 1 aromatic rings. The van der Waals surface area contributed by atoms with Crippen molar-refractivity contribution in [2.45, 2.75) is 31.1 Å². The summed E-state index contributed by atoms with van der Waals surface area (Å²) in [5.41, 5.74) is 0.136. The number of likely N-dealkylation sites (tertiary alicyclic amines) is 1. The molecule has 2 rings (SSSR count). The van der Waals surface area contributed by atoms with Gasteiger partial charge in [0.2, 0.25) is 0 Å². The first-order chi connectivity index (χ1) is 8.58. The lowest BCUT2D eigenvalue weighted by atomic mass is 10.0. The van der Waals surface area contributed by atoms with Gasteiger partial charge in [0.05, 0.1) is 5.56 Å². The highest BCUT2D eigenvalue weighted by atomic mass is 32.1. The van der Waals surface area contributed by atoms with E-state index in [4.69, 9.17) is 0 Å². The van der Waals surface area contributed by atoms with Gasteiger partial charge in [-0.2, -0.15) is 0 Å². The number of hydrogen-bond donors (Lipinski definition) is 1. The van der Waals surface area contributed by atoms with E-state index < -0.39 is 5.82 Å². The van der Waals surface area contributed by atoms with Gasteiger partial charge >= 0.3 is 0 Å². The van der Waals surface area contributed by atoms with Gasteiger partial charge in [-0.25, -0.2) is 4.39 Å². The average Bonchev–Trinajstić information content (AvgIpc) is 2.56. The Morgan fingerprint density at radius 3 is 2.94 bits per heavy atom. The van der Waals surface area contributed by atoms with Gasteiger partial charge in [-0.05, 0) is 43.4 Å². The van der Waals surface area contributed by atoms with Crippen molar-refractivity contribution in [1.29, 1.82) is 0 Å². The highest BCUT2D eigenvalue weighted by molar-refractivity contribution is 7.80. The molecule has 0 saturated carbocycles. The van der Waals surface area contributed by atoms with Crippen LogP contribution in [0, 0.1) is 11.7 Å². The third kappa shape index (κ3) is 3.05. The topological polar surface area (TPSA) is 20.3 Å². The molecule has 1 heterocycles. The molecule has 1 aromatic carbocycles. The first-order valence-corrected chi connectivity index (χ1v) is 6.80. The molecule has 1 fully saturated rings. The van der Waals surface area contributed by atoms with E-state index in [2.05, 4.69) is 19.6 Å². The Balaban J connectivity index is 2.17. The van der Waals surface area contributed by atoms with Crippen molar-refractivity contribution < 1.29 is 9.18 Å². The third-order valence-corrected chi connectivity index (χ3v) is 3.76. The van der Waals surface area contributed by atoms with Crippen molar-refractivity contribution in [3.8, 4) is 0 Å². The standard InChI is InChI=1S/C14H18FNOS/c1-10-3-2-7-16(8-6-10)14(17)12-9-11(18)4-5-13(12)15/h4-5,9-10,18H,2-3,6-8H2,1H3. The molecule has 1 saturated heterocycles. The maximum atomic E-state index is 13.7. The Kier molecular flexibility index (Phi) is 4.27. The van der Waals surface area contributed by atoms with Crippen LogP contribution in [-0.2, 0) is 0 Å². The molecule has 0 radical (unpaired) electrons. The van der Waals surface area contributed by atoms with Crippen molar-refractivity contribution in [3.05, 3.63) is 29.6 Å². The summed E-state index contributed by atoms with van der Waals surface area (Å²) in [5, 5.41) is 0. The Morgan fingerprint density at radius 1 is 1.39 bits per heavy atom. The minimum atomic E-state index is -0.463. The molecule has 1 atom stereocenters. The number of carbonyl (C=O) groups is 1. The molecule has 1 aliphatic heterocycles. The van der Waals surface area contributed by atoms with E-state index in [-0.39, 0.29) is 11.5 Å². The number of amides is 1. The van der Waals surface area contributed by atoms with Crippen molar-refractivity contribution in [1.82, 2.24) is 4.90 Å². The molecule has 98 valence electrons. The minimum Gasteiger partial charge on any atom is -0.339 e. The van der Waals surface area contributed by atoms with E-state index in [0.29, 0.717) is 10.8 Å². The Labute approximate surface area is 113 Å². The maximum Gasteiger partial charge on any atom is 0.256 e. The Morgan fingerprint density at radius 2 is 2.17 bits per heavy atom. The van der Waals surface area contributed by atoms with Crippen LogP contribution in [0.25, 0.3) is 0 Å². The molecule has 0 N–H and O–H groups in total. The number of rotatable bonds is 1. The van der Waals surface area contributed by atoms with Crippen LogP contribution >= 0.6 is 12.6 Å². The van der Waals surface area contributed by atoms with Crippen LogP contribution in [0.1, 0.15) is 36.5 Å². The predicted molar refractivity (Wildman–Crippen MR) is 72.6 cm³/mol. The quantitative estimate of drug-likeness (QED) is 0.773. The summed E-state index contributed by atoms with van der Waals surface area (Å²) in [6, 6.07) is 4.37. The summed E-state index contributed by atoms with van der Waals surface area (Å²) in [6.45, 7) is 3.64. The SMILES string of the molecule is CC1CCCN(C(=O)c2cc(S)ccc2F)CC1. The number of carbonyl (C=O) groups excluding carboxylic acids is 1. The van der Waals surface area contributed by atoms with Crippen LogP contribution in [-0.4, -0.2) is 23.9 Å². The summed E-state index contributed by atoms with van der Waals surface area (Å²) in [7, 11) is 0. The molecule has 0 bridgehead atoms. The van der Waals surface area contributed by atoms with Gasteiger partial charge in [-0.15, -0.1) is 12.6 Å². The molecule has 1 amide bonds. The van der Waals surface area contributed by atoms with E-state index in [1.165, 1.54) is 12.1 Å². The smallest absolute Gasteiger partial charge is 0.256 e. The van der Waals surface area contributed by atoms with Crippen LogP contribution in [0.4, 0.5) is 4.39 Å². The summed E-state index contributed by atoms with van der Waals surface area (Å²) in [6.07, 6.45) is 3.13. The highest BCUT2D eigenvalue weighted by Gasteiger charge is 2.22. The minimum absolute atomic E-state index is 0.136. The zero-order chi connectivity index (χ0) is 13.1. The fraction of sp³-hybridized carbons (Fsp3) is 0.500. The molecule has 0 aliphatic carbocycles. The summed E-state index contributed by atoms with van der Waals surface area (Å²) < 4.78 is 13.7. The summed E-state index contributed by atoms with van der Waals surface area (Å²) >= 11 is 4.16. The fourth-order valence-electron chi connectivity index (χ4n) is 2.31. The van der Waals surface area contributed by atoms with Crippen LogP contribution in [0.3, 0.4) is 0 Å². The van der Waals surface area contributed by atoms with Crippen LogP contribution in [0.2, 0.25) is 0 Å². The first-order valence-electron chi connectivity index (χ1n) is 6.35. The van der Waals surface area contributed by atoms with E-state index in [1.54, 1.807) is 11.0 Å². The van der Waals surface area contributed by atoms with Gasteiger partial charge in [-0.1, -0.05) is 6.92 Å². The number of nitrogens with zero attached hydrogens (tertiary/aromatic N) is 1. The van der Waals surface area contributed by atoms with E-state index in [9.17, 15) is 9.18 Å². The van der Waals surface area contributed by atoms with Gasteiger partial charge in [0, 0.05) is 18.0 Å². The molecular formula is C14H18FNOS. The summed E-state index contributed by atoms with van der Waals surface area (Å²) in [4.78, 5) is 14.7. The highest BCUT2D eigenvalue weighted by Crippen LogP contribution is 2.20. The number of benzene rings is 1. The summed E-state index contributed by atoms with van der Waals surface area (Å²) in [5.74, 6) is -0.0311. The van der Waals surface area contributed by atoms with E-state index >= 15 is 0 Å². The number of hydrogen-bond acceptors (Lipinski definition) is 2. The van der Waals surface area contributed by atoms with Gasteiger partial charge in [0.1, 0.15) is 5.82 Å². The van der Waals surface area contributed by atoms with Gasteiger partial charge in [0.15, 0.2) is 0 Å². The van der Waals surface area contributed by atoms with Crippen molar-refractivity contribution in [2.75, 3.05) is 13.1 Å². The second kappa shape index (κ2) is 5.74. The lowest BCUT2D eigenvalue weighted by molar-refractivity contribution is 0.0755. The van der Waals surface area contributed by atoms with Crippen LogP contribution in [0.15, 0.2) is 23.1 Å². The van der Waals surface area contributed by atoms with Crippen molar-refractivity contribution in [3.63, 3.8) is 0 Å². The lowest BCUT2D eigenvalue weighted by Crippen LogP contribution is -2.32. The van der Waals surface area contributed by atoms with E-state index in [0.717, 1.165) is 32.4 Å². The van der Waals surface area contributed by atoms with Crippen LogP contribution in [0.5, 0.6) is 0 Å². The molecule has 18 heavy (non-hydrogen) atoms. The second-order valence-corrected chi connectivity index (χ2v) is 5.51. The maximum absolute atomic E-state index is 13.7. The molecule has 1 aliphatic rings. The van der Waals surface area contributed by atoms with Gasteiger partial charge < -0.3 is 4.90 Å². The largest absolute Gasteiger partial charge is 0.339 e. The van der Waals surface area contributed by atoms with Crippen molar-refractivity contribution in [2.24, 2.45) is 5.92 Å². The molecule has 1 unspecified atom stereocenters. The molecular weight excluding hydrogens is 249 g/mol. The van der Waals surface area contributed by atoms with Gasteiger partial charge in [-0.3, -0.25) is 4.79 Å². The van der Waals surface area contributed by atoms with Gasteiger partial charge in [0.25, 0.3) is 5.91 Å². The predicted octanol–water partition coefficient (Wildman–Crippen LogP) is 3.38. The zero-order valence-electron chi connectivity index (χ0n) is 10.5. The monoisotopic (exact) mass is 267 g/mol. The van der Waals surface area contributed by atoms with Crippen LogP contribution < -0.4 is 0 Å². The average molecular weight is 267 g/mol. The first kappa shape index (κ1) is 13.4. The Hall–Kier alpha value is -1.03. The number of halogens is 1. The molecule has 4 heteroatoms. The normalized spacial score (nSPS) is 20.6.